The van der Waals surface area contributed by atoms with E-state index in [0.717, 1.165) is 19.3 Å². The molecular weight excluding hydrogens is 244 g/mol. The fourth-order valence-corrected chi connectivity index (χ4v) is 1.91. The maximum absolute atomic E-state index is 11.7. The molecule has 0 aromatic heterocycles. The van der Waals surface area contributed by atoms with E-state index in [1.807, 2.05) is 13.8 Å². The SMILES string of the molecule is CCCC(CCNC(=O)N(C)C(C)C)CCC(=O)O. The molecule has 2 N–H and O–H groups in total. The number of hydrogen-bond acceptors (Lipinski definition) is 2. The van der Waals surface area contributed by atoms with Crippen molar-refractivity contribution in [1.29, 1.82) is 0 Å². The lowest BCUT2D eigenvalue weighted by Gasteiger charge is -2.22. The number of carboxylic acids is 1. The summed E-state index contributed by atoms with van der Waals surface area (Å²) in [6.07, 6.45) is 3.82. The first-order valence-corrected chi connectivity index (χ1v) is 7.10. The molecule has 0 aromatic rings. The van der Waals surface area contributed by atoms with Gasteiger partial charge in [0.1, 0.15) is 0 Å². The highest BCUT2D eigenvalue weighted by molar-refractivity contribution is 5.74. The zero-order chi connectivity index (χ0) is 14.8. The minimum Gasteiger partial charge on any atom is -0.481 e. The van der Waals surface area contributed by atoms with Crippen molar-refractivity contribution in [3.8, 4) is 0 Å². The third-order valence-corrected chi connectivity index (χ3v) is 3.39. The van der Waals surface area contributed by atoms with Gasteiger partial charge in [0.05, 0.1) is 0 Å². The molecule has 0 spiro atoms. The Bertz CT molecular complexity index is 280. The molecule has 0 heterocycles. The summed E-state index contributed by atoms with van der Waals surface area (Å²) in [6.45, 7) is 6.64. The molecule has 19 heavy (non-hydrogen) atoms. The van der Waals surface area contributed by atoms with Gasteiger partial charge in [0.15, 0.2) is 0 Å². The number of amides is 2. The van der Waals surface area contributed by atoms with Crippen LogP contribution in [0.4, 0.5) is 4.79 Å². The van der Waals surface area contributed by atoms with Crippen LogP contribution in [0.5, 0.6) is 0 Å². The molecule has 0 aliphatic rings. The number of urea groups is 1. The first-order chi connectivity index (χ1) is 8.88. The zero-order valence-corrected chi connectivity index (χ0v) is 12.6. The molecule has 0 saturated heterocycles. The largest absolute Gasteiger partial charge is 0.481 e. The van der Waals surface area contributed by atoms with Crippen molar-refractivity contribution >= 4 is 12.0 Å². The highest BCUT2D eigenvalue weighted by Crippen LogP contribution is 2.17. The third-order valence-electron chi connectivity index (χ3n) is 3.39. The smallest absolute Gasteiger partial charge is 0.317 e. The summed E-state index contributed by atoms with van der Waals surface area (Å²) in [6, 6.07) is 0.113. The van der Waals surface area contributed by atoms with Gasteiger partial charge in [-0.1, -0.05) is 19.8 Å². The van der Waals surface area contributed by atoms with Crippen LogP contribution < -0.4 is 5.32 Å². The average molecular weight is 272 g/mol. The van der Waals surface area contributed by atoms with Crippen molar-refractivity contribution in [2.24, 2.45) is 5.92 Å². The summed E-state index contributed by atoms with van der Waals surface area (Å²) in [5.74, 6) is -0.365. The molecule has 0 aliphatic heterocycles. The van der Waals surface area contributed by atoms with Crippen molar-refractivity contribution in [2.45, 2.75) is 58.9 Å². The van der Waals surface area contributed by atoms with Crippen molar-refractivity contribution in [3.63, 3.8) is 0 Å². The fourth-order valence-electron chi connectivity index (χ4n) is 1.91. The monoisotopic (exact) mass is 272 g/mol. The van der Waals surface area contributed by atoms with E-state index in [4.69, 9.17) is 5.11 Å². The van der Waals surface area contributed by atoms with Crippen molar-refractivity contribution in [1.82, 2.24) is 10.2 Å². The molecule has 0 bridgehead atoms. The van der Waals surface area contributed by atoms with Crippen LogP contribution in [0.15, 0.2) is 0 Å². The van der Waals surface area contributed by atoms with E-state index >= 15 is 0 Å². The number of rotatable bonds is 9. The summed E-state index contributed by atoms with van der Waals surface area (Å²) in [4.78, 5) is 23.9. The van der Waals surface area contributed by atoms with E-state index < -0.39 is 5.97 Å². The molecule has 5 heteroatoms. The van der Waals surface area contributed by atoms with E-state index in [2.05, 4.69) is 12.2 Å². The van der Waals surface area contributed by atoms with Gasteiger partial charge in [0.25, 0.3) is 0 Å². The maximum Gasteiger partial charge on any atom is 0.317 e. The Morgan fingerprint density at radius 3 is 2.32 bits per heavy atom. The van der Waals surface area contributed by atoms with Gasteiger partial charge in [-0.2, -0.15) is 0 Å². The quantitative estimate of drug-likeness (QED) is 0.678. The van der Waals surface area contributed by atoms with Crippen molar-refractivity contribution in [3.05, 3.63) is 0 Å². The lowest BCUT2D eigenvalue weighted by atomic mass is 9.94. The van der Waals surface area contributed by atoms with Gasteiger partial charge < -0.3 is 15.3 Å². The Morgan fingerprint density at radius 2 is 1.84 bits per heavy atom. The molecule has 0 fully saturated rings. The predicted octanol–water partition coefficient (Wildman–Crippen LogP) is 2.71. The lowest BCUT2D eigenvalue weighted by molar-refractivity contribution is -0.137. The first-order valence-electron chi connectivity index (χ1n) is 7.10. The van der Waals surface area contributed by atoms with Crippen LogP contribution in [0.1, 0.15) is 52.9 Å². The molecule has 0 rings (SSSR count). The van der Waals surface area contributed by atoms with Crippen LogP contribution in [0.2, 0.25) is 0 Å². The normalized spacial score (nSPS) is 12.3. The topological polar surface area (TPSA) is 69.6 Å². The standard InChI is InChI=1S/C14H28N2O3/c1-5-6-12(7-8-13(17)18)9-10-15-14(19)16(4)11(2)3/h11-12H,5-10H2,1-4H3,(H,15,19)(H,17,18). The van der Waals surface area contributed by atoms with E-state index in [0.29, 0.717) is 18.9 Å². The van der Waals surface area contributed by atoms with Gasteiger partial charge in [-0.05, 0) is 32.6 Å². The number of carbonyl (C=O) groups excluding carboxylic acids is 1. The second-order valence-electron chi connectivity index (χ2n) is 5.31. The predicted molar refractivity (Wildman–Crippen MR) is 76.2 cm³/mol. The Hall–Kier alpha value is -1.26. The molecule has 1 atom stereocenters. The van der Waals surface area contributed by atoms with Crippen LogP contribution in [0.3, 0.4) is 0 Å². The van der Waals surface area contributed by atoms with E-state index in [9.17, 15) is 9.59 Å². The van der Waals surface area contributed by atoms with Gasteiger partial charge in [-0.3, -0.25) is 4.79 Å². The maximum atomic E-state index is 11.7. The Morgan fingerprint density at radius 1 is 1.21 bits per heavy atom. The van der Waals surface area contributed by atoms with Crippen LogP contribution >= 0.6 is 0 Å². The van der Waals surface area contributed by atoms with Gasteiger partial charge in [-0.25, -0.2) is 4.79 Å². The second-order valence-corrected chi connectivity index (χ2v) is 5.31. The zero-order valence-electron chi connectivity index (χ0n) is 12.6. The number of hydrogen-bond donors (Lipinski definition) is 2. The van der Waals surface area contributed by atoms with E-state index in [-0.39, 0.29) is 18.5 Å². The Labute approximate surface area is 116 Å². The molecule has 0 radical (unpaired) electrons. The minimum atomic E-state index is -0.746. The molecular formula is C14H28N2O3. The van der Waals surface area contributed by atoms with Crippen LogP contribution in [0.25, 0.3) is 0 Å². The molecule has 0 aromatic carbocycles. The van der Waals surface area contributed by atoms with E-state index in [1.165, 1.54) is 0 Å². The van der Waals surface area contributed by atoms with Crippen molar-refractivity contribution < 1.29 is 14.7 Å². The Kier molecular flexibility index (Phi) is 9.00. The lowest BCUT2D eigenvalue weighted by Crippen LogP contribution is -2.41. The highest BCUT2D eigenvalue weighted by Gasteiger charge is 2.13. The molecule has 5 nitrogen and oxygen atoms in total. The molecule has 1 unspecified atom stereocenters. The number of aliphatic carboxylic acids is 1. The number of carboxylic acid groups (broad SMARTS) is 1. The van der Waals surface area contributed by atoms with Gasteiger partial charge in [0, 0.05) is 26.1 Å². The van der Waals surface area contributed by atoms with Crippen LogP contribution in [0, 0.1) is 5.92 Å². The van der Waals surface area contributed by atoms with Crippen LogP contribution in [-0.4, -0.2) is 41.6 Å². The Balaban J connectivity index is 3.97. The average Bonchev–Trinajstić information content (AvgIpc) is 2.34. The number of nitrogens with one attached hydrogen (secondary N) is 1. The summed E-state index contributed by atoms with van der Waals surface area (Å²) in [5.41, 5.74) is 0. The molecule has 0 saturated carbocycles. The van der Waals surface area contributed by atoms with Gasteiger partial charge in [0.2, 0.25) is 0 Å². The summed E-state index contributed by atoms with van der Waals surface area (Å²) < 4.78 is 0. The molecule has 2 amide bonds. The fraction of sp³-hybridized carbons (Fsp3) is 0.857. The number of nitrogens with zero attached hydrogens (tertiary/aromatic N) is 1. The van der Waals surface area contributed by atoms with Crippen LogP contribution in [-0.2, 0) is 4.79 Å². The highest BCUT2D eigenvalue weighted by atomic mass is 16.4. The first kappa shape index (κ1) is 17.7. The van der Waals surface area contributed by atoms with Gasteiger partial charge >= 0.3 is 12.0 Å². The van der Waals surface area contributed by atoms with Crippen molar-refractivity contribution in [2.75, 3.05) is 13.6 Å². The molecule has 0 aliphatic carbocycles. The van der Waals surface area contributed by atoms with E-state index in [1.54, 1.807) is 11.9 Å². The minimum absolute atomic E-state index is 0.0662. The molecule has 112 valence electrons. The summed E-state index contributed by atoms with van der Waals surface area (Å²) >= 11 is 0. The summed E-state index contributed by atoms with van der Waals surface area (Å²) in [5, 5.41) is 11.6. The third kappa shape index (κ3) is 8.46. The number of carbonyl (C=O) groups is 2. The summed E-state index contributed by atoms with van der Waals surface area (Å²) in [7, 11) is 1.77. The second kappa shape index (κ2) is 9.64. The van der Waals surface area contributed by atoms with Gasteiger partial charge in [-0.15, -0.1) is 0 Å².